The minimum atomic E-state index is -0.146. The first-order valence-corrected chi connectivity index (χ1v) is 10.2. The Morgan fingerprint density at radius 2 is 2.00 bits per heavy atom. The van der Waals surface area contributed by atoms with Gasteiger partial charge in [0.1, 0.15) is 4.70 Å². The highest BCUT2D eigenvalue weighted by Gasteiger charge is 2.13. The van der Waals surface area contributed by atoms with E-state index in [1.807, 2.05) is 41.0 Å². The van der Waals surface area contributed by atoms with Crippen LogP contribution < -0.4 is 5.56 Å². The van der Waals surface area contributed by atoms with Gasteiger partial charge in [0.25, 0.3) is 5.56 Å². The van der Waals surface area contributed by atoms with E-state index in [-0.39, 0.29) is 5.56 Å². The van der Waals surface area contributed by atoms with Gasteiger partial charge < -0.3 is 4.98 Å². The Kier molecular flexibility index (Phi) is 4.76. The number of nitrogens with zero attached hydrogens (tertiary/aromatic N) is 2. The zero-order valence-electron chi connectivity index (χ0n) is 13.9. The maximum absolute atomic E-state index is 12.5. The molecule has 0 saturated carbocycles. The van der Waals surface area contributed by atoms with Crippen LogP contribution in [0, 0.1) is 10.9 Å². The molecule has 0 aliphatic carbocycles. The highest BCUT2D eigenvalue weighted by Crippen LogP contribution is 2.25. The molecule has 26 heavy (non-hydrogen) atoms. The van der Waals surface area contributed by atoms with Gasteiger partial charge in [-0.25, -0.2) is 4.98 Å². The smallest absolute Gasteiger partial charge is 0.271 e. The summed E-state index contributed by atoms with van der Waals surface area (Å²) in [5.74, 6) is 0.742. The van der Waals surface area contributed by atoms with Gasteiger partial charge in [0.2, 0.25) is 0 Å². The van der Waals surface area contributed by atoms with Gasteiger partial charge in [-0.3, -0.25) is 9.36 Å². The molecule has 7 heteroatoms. The summed E-state index contributed by atoms with van der Waals surface area (Å²) in [6.07, 6.45) is 0. The number of hydrogen-bond acceptors (Lipinski definition) is 5. The number of para-hydroxylation sites is 1. The maximum Gasteiger partial charge on any atom is 0.271 e. The summed E-state index contributed by atoms with van der Waals surface area (Å²) in [6.45, 7) is 2.07. The van der Waals surface area contributed by atoms with Crippen molar-refractivity contribution >= 4 is 45.7 Å². The Morgan fingerprint density at radius 1 is 1.19 bits per heavy atom. The molecule has 0 unspecified atom stereocenters. The number of benzene rings is 2. The zero-order valence-corrected chi connectivity index (χ0v) is 16.4. The molecule has 0 bridgehead atoms. The lowest BCUT2D eigenvalue weighted by molar-refractivity contribution is 0.943. The average molecular weight is 398 g/mol. The molecule has 2 heterocycles. The monoisotopic (exact) mass is 397 g/mol. The summed E-state index contributed by atoms with van der Waals surface area (Å²) >= 11 is 8.28. The highest BCUT2D eigenvalue weighted by molar-refractivity contribution is 7.98. The molecule has 0 amide bonds. The highest BCUT2D eigenvalue weighted by atomic mass is 32.2. The van der Waals surface area contributed by atoms with Crippen molar-refractivity contribution in [1.29, 1.82) is 0 Å². The number of fused-ring (bicyclic) bond motifs is 1. The van der Waals surface area contributed by atoms with Crippen molar-refractivity contribution < 1.29 is 0 Å². The van der Waals surface area contributed by atoms with Crippen molar-refractivity contribution in [2.24, 2.45) is 0 Å². The Labute approximate surface area is 163 Å². The minimum Gasteiger partial charge on any atom is -0.300 e. The van der Waals surface area contributed by atoms with Crippen molar-refractivity contribution in [2.75, 3.05) is 0 Å². The summed E-state index contributed by atoms with van der Waals surface area (Å²) in [6, 6.07) is 18.1. The Morgan fingerprint density at radius 3 is 2.77 bits per heavy atom. The second-order valence-corrected chi connectivity index (χ2v) is 8.45. The summed E-state index contributed by atoms with van der Waals surface area (Å²) in [5.41, 5.74) is 3.80. The van der Waals surface area contributed by atoms with E-state index in [2.05, 4.69) is 35.1 Å². The first kappa shape index (κ1) is 17.2. The summed E-state index contributed by atoms with van der Waals surface area (Å²) in [7, 11) is 0. The first-order valence-electron chi connectivity index (χ1n) is 8.01. The molecule has 0 saturated heterocycles. The van der Waals surface area contributed by atoms with Gasteiger partial charge in [-0.15, -0.1) is 0 Å². The van der Waals surface area contributed by atoms with E-state index in [1.54, 1.807) is 0 Å². The van der Waals surface area contributed by atoms with Crippen molar-refractivity contribution in [3.8, 4) is 5.69 Å². The molecule has 4 nitrogen and oxygen atoms in total. The molecule has 4 rings (SSSR count). The van der Waals surface area contributed by atoms with Crippen LogP contribution in [0.15, 0.2) is 64.5 Å². The Balaban J connectivity index is 1.76. The fourth-order valence-corrected chi connectivity index (χ4v) is 4.79. The number of aromatic nitrogens is 3. The van der Waals surface area contributed by atoms with Crippen molar-refractivity contribution in [3.05, 3.63) is 80.0 Å². The molecule has 4 aromatic rings. The third-order valence-corrected chi connectivity index (χ3v) is 6.20. The average Bonchev–Trinajstić information content (AvgIpc) is 2.97. The van der Waals surface area contributed by atoms with Gasteiger partial charge in [0.15, 0.2) is 14.8 Å². The van der Waals surface area contributed by atoms with Crippen LogP contribution in [0.4, 0.5) is 0 Å². The lowest BCUT2D eigenvalue weighted by Crippen LogP contribution is -2.09. The van der Waals surface area contributed by atoms with E-state index >= 15 is 0 Å². The fraction of sp³-hybridized carbons (Fsp3) is 0.105. The largest absolute Gasteiger partial charge is 0.300 e. The van der Waals surface area contributed by atoms with E-state index in [0.29, 0.717) is 19.5 Å². The van der Waals surface area contributed by atoms with Gasteiger partial charge in [-0.2, -0.15) is 0 Å². The van der Waals surface area contributed by atoms with E-state index < -0.39 is 0 Å². The van der Waals surface area contributed by atoms with Crippen LogP contribution in [0.3, 0.4) is 0 Å². The van der Waals surface area contributed by atoms with E-state index in [9.17, 15) is 4.79 Å². The number of thiazole rings is 1. The molecule has 0 radical (unpaired) electrons. The topological polar surface area (TPSA) is 50.7 Å². The molecule has 2 aromatic carbocycles. The van der Waals surface area contributed by atoms with E-state index in [4.69, 9.17) is 12.2 Å². The van der Waals surface area contributed by atoms with Crippen LogP contribution >= 0.6 is 35.3 Å². The standard InChI is InChI=1S/C19H15N3OS3/c1-12-6-5-7-13(10-12)11-25-18-20-16-15(17(23)21-18)26-19(24)22(16)14-8-3-2-4-9-14/h2-10H,11H2,1H3,(H,20,21,23). The van der Waals surface area contributed by atoms with Crippen molar-refractivity contribution in [3.63, 3.8) is 0 Å². The van der Waals surface area contributed by atoms with E-state index in [1.165, 1.54) is 34.2 Å². The van der Waals surface area contributed by atoms with Crippen LogP contribution in [0.1, 0.15) is 11.1 Å². The van der Waals surface area contributed by atoms with Crippen molar-refractivity contribution in [2.45, 2.75) is 17.8 Å². The summed E-state index contributed by atoms with van der Waals surface area (Å²) in [4.78, 5) is 20.1. The second kappa shape index (κ2) is 7.19. The van der Waals surface area contributed by atoms with Gasteiger partial charge in [0, 0.05) is 11.4 Å². The molecular formula is C19H15N3OS3. The molecule has 130 valence electrons. The van der Waals surface area contributed by atoms with Gasteiger partial charge in [-0.1, -0.05) is 71.1 Å². The predicted molar refractivity (Wildman–Crippen MR) is 111 cm³/mol. The van der Waals surface area contributed by atoms with E-state index in [0.717, 1.165) is 11.4 Å². The lowest BCUT2D eigenvalue weighted by atomic mass is 10.2. The number of hydrogen-bond donors (Lipinski definition) is 1. The quantitative estimate of drug-likeness (QED) is 0.295. The van der Waals surface area contributed by atoms with Crippen molar-refractivity contribution in [1.82, 2.24) is 14.5 Å². The predicted octanol–water partition coefficient (Wildman–Crippen LogP) is 5.11. The third kappa shape index (κ3) is 3.38. The number of rotatable bonds is 4. The van der Waals surface area contributed by atoms with Crippen LogP contribution in [-0.2, 0) is 5.75 Å². The third-order valence-electron chi connectivity index (χ3n) is 3.89. The van der Waals surface area contributed by atoms with Crippen LogP contribution in [-0.4, -0.2) is 14.5 Å². The van der Waals surface area contributed by atoms with Gasteiger partial charge in [0.05, 0.1) is 0 Å². The molecule has 0 spiro atoms. The number of H-pyrrole nitrogens is 1. The molecule has 1 N–H and O–H groups in total. The minimum absolute atomic E-state index is 0.146. The molecule has 0 aliphatic heterocycles. The number of thioether (sulfide) groups is 1. The normalized spacial score (nSPS) is 11.1. The van der Waals surface area contributed by atoms with Crippen LogP contribution in [0.5, 0.6) is 0 Å². The Bertz CT molecular complexity index is 1190. The lowest BCUT2D eigenvalue weighted by Gasteiger charge is -2.06. The fourth-order valence-electron chi connectivity index (χ4n) is 2.72. The molecule has 0 atom stereocenters. The van der Waals surface area contributed by atoms with Crippen LogP contribution in [0.2, 0.25) is 0 Å². The zero-order chi connectivity index (χ0) is 18.1. The molecular weight excluding hydrogens is 382 g/mol. The Hall–Kier alpha value is -2.22. The van der Waals surface area contributed by atoms with Gasteiger partial charge in [-0.05, 0) is 36.8 Å². The second-order valence-electron chi connectivity index (χ2n) is 5.84. The first-order chi connectivity index (χ1) is 12.6. The summed E-state index contributed by atoms with van der Waals surface area (Å²) in [5, 5.41) is 0.599. The molecule has 2 aromatic heterocycles. The van der Waals surface area contributed by atoms with Crippen LogP contribution in [0.25, 0.3) is 16.0 Å². The number of nitrogens with one attached hydrogen (secondary N) is 1. The number of aryl methyl sites for hydroxylation is 1. The summed E-state index contributed by atoms with van der Waals surface area (Å²) < 4.78 is 3.03. The number of aromatic amines is 1. The molecule has 0 fully saturated rings. The molecule has 0 aliphatic rings. The maximum atomic E-state index is 12.5. The SMILES string of the molecule is Cc1cccc(CSc2nc3c(sc(=S)n3-c3ccccc3)c(=O)[nH]2)c1. The van der Waals surface area contributed by atoms with Gasteiger partial charge >= 0.3 is 0 Å².